The number of rotatable bonds is 11. The predicted octanol–water partition coefficient (Wildman–Crippen LogP) is 12.2. The minimum atomic E-state index is -0.134. The van der Waals surface area contributed by atoms with E-state index < -0.39 is 0 Å². The van der Waals surface area contributed by atoms with Crippen LogP contribution in [-0.2, 0) is 10.8 Å². The minimum Gasteiger partial charge on any atom is -0.344 e. The molecule has 0 unspecified atom stereocenters. The Morgan fingerprint density at radius 1 is 0.773 bits per heavy atom. The van der Waals surface area contributed by atoms with Gasteiger partial charge in [-0.2, -0.15) is 4.58 Å². The maximum atomic E-state index is 7.11. The molecule has 0 bridgehead atoms. The van der Waals surface area contributed by atoms with Crippen molar-refractivity contribution in [1.82, 2.24) is 0 Å². The van der Waals surface area contributed by atoms with Gasteiger partial charge in [-0.05, 0) is 92.6 Å². The number of allylic oxidation sites excluding steroid dienone is 8. The summed E-state index contributed by atoms with van der Waals surface area (Å²) in [7, 11) is 0. The fraction of sp³-hybridized carbons (Fsp3) is 0.462. The number of hydrogen-bond donors (Lipinski definition) is 0. The van der Waals surface area contributed by atoms with Gasteiger partial charge in [0, 0.05) is 62.5 Å². The summed E-state index contributed by atoms with van der Waals surface area (Å²) in [5.74, 6) is 0. The molecule has 0 radical (unpaired) electrons. The van der Waals surface area contributed by atoms with E-state index in [-0.39, 0.29) is 10.8 Å². The van der Waals surface area contributed by atoms with Crippen molar-refractivity contribution in [2.45, 2.75) is 104 Å². The lowest BCUT2D eigenvalue weighted by molar-refractivity contribution is -0.438. The van der Waals surface area contributed by atoms with E-state index in [1.807, 2.05) is 12.1 Å². The zero-order chi connectivity index (χ0) is 31.6. The van der Waals surface area contributed by atoms with Crippen molar-refractivity contribution in [3.63, 3.8) is 0 Å². The number of fused-ring (bicyclic) bond motifs is 2. The van der Waals surface area contributed by atoms with Crippen molar-refractivity contribution in [1.29, 1.82) is 0 Å². The minimum absolute atomic E-state index is 0.134. The highest BCUT2D eigenvalue weighted by Crippen LogP contribution is 2.49. The normalized spacial score (nSPS) is 20.6. The van der Waals surface area contributed by atoms with Crippen LogP contribution < -0.4 is 4.90 Å². The van der Waals surface area contributed by atoms with E-state index in [1.54, 1.807) is 0 Å². The molecule has 2 heterocycles. The van der Waals surface area contributed by atoms with Crippen LogP contribution in [0.4, 0.5) is 11.4 Å². The molecule has 44 heavy (non-hydrogen) atoms. The highest BCUT2D eigenvalue weighted by atomic mass is 35.5. The molecule has 2 aromatic carbocycles. The van der Waals surface area contributed by atoms with Gasteiger partial charge in [0.05, 0.1) is 5.41 Å². The Hall–Kier alpha value is -2.26. The van der Waals surface area contributed by atoms with E-state index in [2.05, 4.69) is 99.6 Å². The third-order valence-electron chi connectivity index (χ3n) is 9.79. The third-order valence-corrected chi connectivity index (χ3v) is 10.7. The molecular formula is C39H48Cl3N2+. The van der Waals surface area contributed by atoms with E-state index in [9.17, 15) is 0 Å². The molecule has 0 spiro atoms. The van der Waals surface area contributed by atoms with Crippen molar-refractivity contribution in [3.8, 4) is 0 Å². The van der Waals surface area contributed by atoms with Crippen LogP contribution in [0.15, 0.2) is 82.6 Å². The van der Waals surface area contributed by atoms with Gasteiger partial charge in [0.1, 0.15) is 6.54 Å². The molecule has 3 aliphatic rings. The lowest BCUT2D eigenvalue weighted by Crippen LogP contribution is -2.28. The van der Waals surface area contributed by atoms with Crippen molar-refractivity contribution in [3.05, 3.63) is 104 Å². The van der Waals surface area contributed by atoms with E-state index >= 15 is 0 Å². The summed E-state index contributed by atoms with van der Waals surface area (Å²) >= 11 is 20.0. The molecule has 5 rings (SSSR count). The number of unbranched alkanes of at least 4 members (excludes halogenated alkanes) is 4. The molecule has 1 aliphatic carbocycles. The van der Waals surface area contributed by atoms with Crippen LogP contribution in [0.3, 0.4) is 0 Å². The SMILES string of the molecule is CCCCCN1/C(=C/C=C2\CCC(/C=C/C3=[N+](CCCCC)c4ccc(Cl)cc4C3(C)C)=C2Cl)C(C)(C)c2cc(Cl)ccc21. The monoisotopic (exact) mass is 649 g/mol. The van der Waals surface area contributed by atoms with Gasteiger partial charge in [-0.15, -0.1) is 0 Å². The smallest absolute Gasteiger partial charge is 0.209 e. The molecular weight excluding hydrogens is 603 g/mol. The molecule has 0 amide bonds. The van der Waals surface area contributed by atoms with Gasteiger partial charge in [-0.3, -0.25) is 0 Å². The number of halogens is 3. The topological polar surface area (TPSA) is 6.25 Å². The van der Waals surface area contributed by atoms with E-state index in [4.69, 9.17) is 34.8 Å². The van der Waals surface area contributed by atoms with Crippen molar-refractivity contribution < 1.29 is 4.58 Å². The standard InChI is InChI=1S/C39H48Cl3N2/c1-7-9-11-23-43-33-19-17-29(40)25-31(33)38(3,4)35(43)21-15-27-13-14-28(37(27)42)16-22-36-39(5,6)32-26-30(41)18-20-34(32)44(36)24-12-10-8-2/h15-22,25-26H,7-14,23-24H2,1-6H3/q+1. The van der Waals surface area contributed by atoms with Gasteiger partial charge in [0.15, 0.2) is 5.71 Å². The molecule has 5 heteroatoms. The quantitative estimate of drug-likeness (QED) is 0.173. The van der Waals surface area contributed by atoms with Gasteiger partial charge in [0.2, 0.25) is 5.69 Å². The first-order valence-electron chi connectivity index (χ1n) is 16.5. The molecule has 0 fully saturated rings. The molecule has 0 saturated heterocycles. The number of nitrogens with zero attached hydrogens (tertiary/aromatic N) is 2. The average molecular weight is 651 g/mol. The molecule has 0 aromatic heterocycles. The Kier molecular flexibility index (Phi) is 10.2. The zero-order valence-corrected chi connectivity index (χ0v) is 29.6. The molecule has 2 nitrogen and oxygen atoms in total. The van der Waals surface area contributed by atoms with E-state index in [0.29, 0.717) is 0 Å². The van der Waals surface area contributed by atoms with Gasteiger partial charge in [-0.1, -0.05) is 93.9 Å². The second-order valence-electron chi connectivity index (χ2n) is 13.6. The van der Waals surface area contributed by atoms with E-state index in [0.717, 1.165) is 41.0 Å². The lowest BCUT2D eigenvalue weighted by atomic mass is 9.81. The van der Waals surface area contributed by atoms with Crippen LogP contribution in [0.25, 0.3) is 0 Å². The van der Waals surface area contributed by atoms with Crippen LogP contribution in [0, 0.1) is 0 Å². The Morgan fingerprint density at radius 3 is 2.18 bits per heavy atom. The molecule has 234 valence electrons. The summed E-state index contributed by atoms with van der Waals surface area (Å²) in [4.78, 5) is 2.50. The van der Waals surface area contributed by atoms with Crippen molar-refractivity contribution in [2.75, 3.05) is 18.0 Å². The fourth-order valence-corrected chi connectivity index (χ4v) is 7.84. The van der Waals surface area contributed by atoms with Crippen LogP contribution in [0.2, 0.25) is 10.0 Å². The maximum absolute atomic E-state index is 7.11. The second-order valence-corrected chi connectivity index (χ2v) is 14.8. The van der Waals surface area contributed by atoms with E-state index in [1.165, 1.54) is 83.6 Å². The van der Waals surface area contributed by atoms with Crippen LogP contribution in [0.1, 0.15) is 104 Å². The first-order valence-corrected chi connectivity index (χ1v) is 17.6. The van der Waals surface area contributed by atoms with Crippen LogP contribution in [0.5, 0.6) is 0 Å². The van der Waals surface area contributed by atoms with Gasteiger partial charge in [-0.25, -0.2) is 0 Å². The summed E-state index contributed by atoms with van der Waals surface area (Å²) in [6, 6.07) is 12.7. The largest absolute Gasteiger partial charge is 0.344 e. The molecule has 0 atom stereocenters. The van der Waals surface area contributed by atoms with Crippen molar-refractivity contribution in [2.24, 2.45) is 0 Å². The summed E-state index contributed by atoms with van der Waals surface area (Å²) in [6.45, 7) is 15.8. The van der Waals surface area contributed by atoms with Crippen molar-refractivity contribution >= 4 is 51.9 Å². The van der Waals surface area contributed by atoms with Gasteiger partial charge >= 0.3 is 0 Å². The predicted molar refractivity (Wildman–Crippen MR) is 193 cm³/mol. The fourth-order valence-electron chi connectivity index (χ4n) is 7.18. The number of hydrogen-bond acceptors (Lipinski definition) is 1. The Balaban J connectivity index is 1.46. The van der Waals surface area contributed by atoms with Crippen LogP contribution in [-0.4, -0.2) is 23.4 Å². The zero-order valence-electron chi connectivity index (χ0n) is 27.4. The van der Waals surface area contributed by atoms with Crippen LogP contribution >= 0.6 is 34.8 Å². The highest BCUT2D eigenvalue weighted by Gasteiger charge is 2.44. The molecule has 0 N–H and O–H groups in total. The first kappa shape index (κ1) is 33.1. The highest BCUT2D eigenvalue weighted by molar-refractivity contribution is 6.33. The summed E-state index contributed by atoms with van der Waals surface area (Å²) < 4.78 is 2.50. The second kappa shape index (κ2) is 13.6. The summed E-state index contributed by atoms with van der Waals surface area (Å²) in [6.07, 6.45) is 18.3. The number of benzene rings is 2. The molecule has 2 aromatic rings. The van der Waals surface area contributed by atoms with Gasteiger partial charge in [0.25, 0.3) is 0 Å². The maximum Gasteiger partial charge on any atom is 0.209 e. The Bertz CT molecular complexity index is 1570. The molecule has 2 aliphatic heterocycles. The summed E-state index contributed by atoms with van der Waals surface area (Å²) in [5.41, 5.74) is 9.93. The lowest BCUT2D eigenvalue weighted by Gasteiger charge is -2.27. The molecule has 0 saturated carbocycles. The van der Waals surface area contributed by atoms with Gasteiger partial charge < -0.3 is 4.90 Å². The summed E-state index contributed by atoms with van der Waals surface area (Å²) in [5, 5.41) is 2.48. The first-order chi connectivity index (χ1) is 21.0. The Labute approximate surface area is 280 Å². The Morgan fingerprint density at radius 2 is 1.45 bits per heavy atom. The number of anilines is 1. The third kappa shape index (κ3) is 6.37. The average Bonchev–Trinajstić information content (AvgIpc) is 3.51.